The van der Waals surface area contributed by atoms with Crippen LogP contribution in [0.1, 0.15) is 84.1 Å². The highest BCUT2D eigenvalue weighted by atomic mass is 16.5. The summed E-state index contributed by atoms with van der Waals surface area (Å²) in [7, 11) is 0. The first-order valence-corrected chi connectivity index (χ1v) is 11.5. The van der Waals surface area contributed by atoms with E-state index in [1.54, 1.807) is 0 Å². The van der Waals surface area contributed by atoms with Crippen LogP contribution in [0.15, 0.2) is 24.3 Å². The fourth-order valence-electron chi connectivity index (χ4n) is 4.06. The molecular formula is C25H43NO2. The second-order valence-electron chi connectivity index (χ2n) is 9.73. The number of hydrogen-bond acceptors (Lipinski definition) is 3. The molecule has 28 heavy (non-hydrogen) atoms. The Balaban J connectivity index is 1.66. The summed E-state index contributed by atoms with van der Waals surface area (Å²) in [6, 6.07) is 8.43. The van der Waals surface area contributed by atoms with Crippen LogP contribution >= 0.6 is 0 Å². The number of nitrogens with two attached hydrogens (primary N) is 1. The third-order valence-electron chi connectivity index (χ3n) is 6.43. The summed E-state index contributed by atoms with van der Waals surface area (Å²) < 4.78 is 5.94. The van der Waals surface area contributed by atoms with E-state index in [4.69, 9.17) is 10.5 Å². The maximum absolute atomic E-state index is 9.75. The fraction of sp³-hybridized carbons (Fsp3) is 0.760. The molecule has 1 fully saturated rings. The highest BCUT2D eigenvalue weighted by Crippen LogP contribution is 2.34. The molecule has 1 aromatic rings. The van der Waals surface area contributed by atoms with Gasteiger partial charge in [-0.05, 0) is 61.1 Å². The van der Waals surface area contributed by atoms with Gasteiger partial charge < -0.3 is 15.6 Å². The van der Waals surface area contributed by atoms with E-state index in [0.717, 1.165) is 55.8 Å². The van der Waals surface area contributed by atoms with Gasteiger partial charge in [0.15, 0.2) is 0 Å². The second-order valence-corrected chi connectivity index (χ2v) is 9.73. The zero-order valence-electron chi connectivity index (χ0n) is 18.5. The standard InChI is InChI=1S/C25H43NO2/c1-20(2)6-4-7-21(3)15-17-28-24-12-10-22(11-13-24)14-16-25(26,19-27)18-23-8-5-9-23/h10-13,20-21,23,27H,4-9,14-19,26H2,1-3H3. The minimum absolute atomic E-state index is 0.0834. The molecule has 3 nitrogen and oxygen atoms in total. The molecule has 1 aliphatic carbocycles. The summed E-state index contributed by atoms with van der Waals surface area (Å²) in [5.41, 5.74) is 7.30. The highest BCUT2D eigenvalue weighted by molar-refractivity contribution is 5.27. The van der Waals surface area contributed by atoms with Gasteiger partial charge in [-0.25, -0.2) is 0 Å². The number of aliphatic hydroxyl groups excluding tert-OH is 1. The van der Waals surface area contributed by atoms with Crippen LogP contribution in [0.3, 0.4) is 0 Å². The van der Waals surface area contributed by atoms with E-state index < -0.39 is 5.54 Å². The maximum atomic E-state index is 9.75. The molecule has 2 atom stereocenters. The summed E-state index contributed by atoms with van der Waals surface area (Å²) >= 11 is 0. The van der Waals surface area contributed by atoms with Crippen LogP contribution in [0, 0.1) is 17.8 Å². The van der Waals surface area contributed by atoms with Gasteiger partial charge in [-0.15, -0.1) is 0 Å². The molecule has 0 radical (unpaired) electrons. The van der Waals surface area contributed by atoms with Gasteiger partial charge in [-0.2, -0.15) is 0 Å². The van der Waals surface area contributed by atoms with Gasteiger partial charge in [0.05, 0.1) is 13.2 Å². The van der Waals surface area contributed by atoms with Crippen LogP contribution in [-0.4, -0.2) is 23.9 Å². The maximum Gasteiger partial charge on any atom is 0.119 e. The Morgan fingerprint density at radius 1 is 1.11 bits per heavy atom. The minimum atomic E-state index is -0.425. The molecule has 2 rings (SSSR count). The Kier molecular flexibility index (Phi) is 9.81. The first-order valence-electron chi connectivity index (χ1n) is 11.5. The van der Waals surface area contributed by atoms with Crippen molar-refractivity contribution in [1.29, 1.82) is 0 Å². The number of aliphatic hydroxyl groups is 1. The molecule has 0 aliphatic heterocycles. The van der Waals surface area contributed by atoms with Gasteiger partial charge in [0.1, 0.15) is 5.75 Å². The molecule has 160 valence electrons. The molecule has 2 unspecified atom stereocenters. The molecule has 0 spiro atoms. The predicted molar refractivity (Wildman–Crippen MR) is 119 cm³/mol. The average molecular weight is 390 g/mol. The molecular weight excluding hydrogens is 346 g/mol. The highest BCUT2D eigenvalue weighted by Gasteiger charge is 2.30. The summed E-state index contributed by atoms with van der Waals surface area (Å²) in [6.45, 7) is 7.79. The van der Waals surface area contributed by atoms with E-state index in [1.165, 1.54) is 44.1 Å². The Bertz CT molecular complexity index is 538. The minimum Gasteiger partial charge on any atom is -0.494 e. The normalized spacial score (nSPS) is 17.9. The lowest BCUT2D eigenvalue weighted by Crippen LogP contribution is -2.46. The van der Waals surface area contributed by atoms with Crippen LogP contribution in [0.5, 0.6) is 5.75 Å². The Labute approximate surface area is 173 Å². The zero-order valence-corrected chi connectivity index (χ0v) is 18.5. The van der Waals surface area contributed by atoms with E-state index in [1.807, 2.05) is 0 Å². The van der Waals surface area contributed by atoms with Crippen molar-refractivity contribution < 1.29 is 9.84 Å². The Hall–Kier alpha value is -1.06. The number of rotatable bonds is 14. The molecule has 0 aromatic heterocycles. The Morgan fingerprint density at radius 2 is 1.82 bits per heavy atom. The second kappa shape index (κ2) is 11.8. The monoisotopic (exact) mass is 389 g/mol. The number of aryl methyl sites for hydroxylation is 1. The van der Waals surface area contributed by atoms with Crippen molar-refractivity contribution in [2.75, 3.05) is 13.2 Å². The SMILES string of the molecule is CC(C)CCCC(C)CCOc1ccc(CCC(N)(CO)CC2CCC2)cc1. The van der Waals surface area contributed by atoms with Crippen LogP contribution < -0.4 is 10.5 Å². The molecule has 0 heterocycles. The van der Waals surface area contributed by atoms with Crippen molar-refractivity contribution in [2.45, 2.75) is 90.5 Å². The zero-order chi connectivity index (χ0) is 20.4. The van der Waals surface area contributed by atoms with Crippen molar-refractivity contribution in [1.82, 2.24) is 0 Å². The largest absolute Gasteiger partial charge is 0.494 e. The quantitative estimate of drug-likeness (QED) is 0.427. The summed E-state index contributed by atoms with van der Waals surface area (Å²) in [5, 5.41) is 9.75. The lowest BCUT2D eigenvalue weighted by molar-refractivity contribution is 0.135. The number of hydrogen-bond donors (Lipinski definition) is 2. The van der Waals surface area contributed by atoms with Crippen molar-refractivity contribution in [3.63, 3.8) is 0 Å². The molecule has 3 heteroatoms. The van der Waals surface area contributed by atoms with Gasteiger partial charge in [0.25, 0.3) is 0 Å². The van der Waals surface area contributed by atoms with Crippen LogP contribution in [0.25, 0.3) is 0 Å². The van der Waals surface area contributed by atoms with Gasteiger partial charge in [0.2, 0.25) is 0 Å². The summed E-state index contributed by atoms with van der Waals surface area (Å²) in [4.78, 5) is 0. The first-order chi connectivity index (χ1) is 13.4. The van der Waals surface area contributed by atoms with E-state index >= 15 is 0 Å². The summed E-state index contributed by atoms with van der Waals surface area (Å²) in [6.07, 6.45) is 11.7. The topological polar surface area (TPSA) is 55.5 Å². The predicted octanol–water partition coefficient (Wildman–Crippen LogP) is 5.73. The number of benzene rings is 1. The average Bonchev–Trinajstić information content (AvgIpc) is 2.64. The van der Waals surface area contributed by atoms with E-state index in [-0.39, 0.29) is 6.61 Å². The van der Waals surface area contributed by atoms with Gasteiger partial charge in [-0.3, -0.25) is 0 Å². The Morgan fingerprint density at radius 3 is 2.39 bits per heavy atom. The van der Waals surface area contributed by atoms with Gasteiger partial charge in [0, 0.05) is 5.54 Å². The lowest BCUT2D eigenvalue weighted by Gasteiger charge is -2.35. The van der Waals surface area contributed by atoms with E-state index in [2.05, 4.69) is 45.0 Å². The van der Waals surface area contributed by atoms with Crippen LogP contribution in [0.4, 0.5) is 0 Å². The molecule has 1 saturated carbocycles. The molecule has 1 aromatic carbocycles. The van der Waals surface area contributed by atoms with Gasteiger partial charge >= 0.3 is 0 Å². The molecule has 1 aliphatic rings. The molecule has 0 saturated heterocycles. The molecule has 0 amide bonds. The van der Waals surface area contributed by atoms with E-state index in [0.29, 0.717) is 0 Å². The molecule has 3 N–H and O–H groups in total. The third-order valence-corrected chi connectivity index (χ3v) is 6.43. The third kappa shape index (κ3) is 8.53. The van der Waals surface area contributed by atoms with Crippen molar-refractivity contribution in [3.05, 3.63) is 29.8 Å². The fourth-order valence-corrected chi connectivity index (χ4v) is 4.06. The van der Waals surface area contributed by atoms with Crippen LogP contribution in [0.2, 0.25) is 0 Å². The smallest absolute Gasteiger partial charge is 0.119 e. The molecule has 0 bridgehead atoms. The van der Waals surface area contributed by atoms with Crippen LogP contribution in [-0.2, 0) is 6.42 Å². The lowest BCUT2D eigenvalue weighted by atomic mass is 9.75. The first kappa shape index (κ1) is 23.2. The number of ether oxygens (including phenoxy) is 1. The van der Waals surface area contributed by atoms with E-state index in [9.17, 15) is 5.11 Å². The summed E-state index contributed by atoms with van der Waals surface area (Å²) in [5.74, 6) is 3.21. The van der Waals surface area contributed by atoms with Crippen molar-refractivity contribution >= 4 is 0 Å². The van der Waals surface area contributed by atoms with Crippen molar-refractivity contribution in [3.8, 4) is 5.75 Å². The van der Waals surface area contributed by atoms with Crippen molar-refractivity contribution in [2.24, 2.45) is 23.5 Å². The van der Waals surface area contributed by atoms with Gasteiger partial charge in [-0.1, -0.05) is 71.4 Å².